The summed E-state index contributed by atoms with van der Waals surface area (Å²) < 4.78 is 7.00. The first-order chi connectivity index (χ1) is 9.49. The summed E-state index contributed by atoms with van der Waals surface area (Å²) in [4.78, 5) is 10.5. The van der Waals surface area contributed by atoms with Crippen molar-refractivity contribution in [2.75, 3.05) is 18.6 Å². The van der Waals surface area contributed by atoms with E-state index < -0.39 is 4.92 Å². The second-order valence-corrected chi connectivity index (χ2v) is 6.94. The number of hydrogen-bond donors (Lipinski definition) is 0. The number of nitro groups is 1. The molecule has 0 bridgehead atoms. The minimum Gasteiger partial charge on any atom is -0.355 e. The second kappa shape index (κ2) is 6.34. The van der Waals surface area contributed by atoms with Gasteiger partial charge in [-0.3, -0.25) is 10.1 Å². The fourth-order valence-corrected chi connectivity index (χ4v) is 2.41. The smallest absolute Gasteiger partial charge is 0.298 e. The van der Waals surface area contributed by atoms with Crippen molar-refractivity contribution in [3.63, 3.8) is 0 Å². The normalized spacial score (nSPS) is 12.7. The molecule has 2 aromatic rings. The van der Waals surface area contributed by atoms with E-state index in [0.29, 0.717) is 17.5 Å². The molecule has 8 heteroatoms. The highest BCUT2D eigenvalue weighted by Crippen LogP contribution is 2.32. The Morgan fingerprint density at radius 1 is 1.60 bits per heavy atom. The third-order valence-corrected chi connectivity index (χ3v) is 3.93. The molecule has 0 fully saturated rings. The molecule has 0 aliphatic carbocycles. The number of nitro benzene ring substituents is 1. The number of thiol groups is 1. The Balaban J connectivity index is 2.19. The van der Waals surface area contributed by atoms with Gasteiger partial charge in [0.2, 0.25) is 0 Å². The lowest BCUT2D eigenvalue weighted by Crippen LogP contribution is -2.08. The van der Waals surface area contributed by atoms with Crippen LogP contribution in [0.25, 0.3) is 10.9 Å². The van der Waals surface area contributed by atoms with E-state index in [0.717, 1.165) is 5.75 Å². The monoisotopic (exact) mass is 316 g/mol. The van der Waals surface area contributed by atoms with Gasteiger partial charge in [0, 0.05) is 12.1 Å². The SMILES string of the molecule is C=[SH+](C)CCOCn1cc2c([N+](=O)[O-])c(Cl)ccc2n1. The van der Waals surface area contributed by atoms with Gasteiger partial charge in [-0.1, -0.05) is 11.6 Å². The largest absolute Gasteiger partial charge is 0.355 e. The van der Waals surface area contributed by atoms with Crippen LogP contribution in [0.5, 0.6) is 0 Å². The number of nitrogens with zero attached hydrogens (tertiary/aromatic N) is 3. The molecule has 6 nitrogen and oxygen atoms in total. The van der Waals surface area contributed by atoms with Crippen molar-refractivity contribution in [3.8, 4) is 0 Å². The van der Waals surface area contributed by atoms with Crippen LogP contribution in [-0.2, 0) is 22.0 Å². The van der Waals surface area contributed by atoms with Crippen molar-refractivity contribution < 1.29 is 9.66 Å². The van der Waals surface area contributed by atoms with E-state index in [1.807, 2.05) is 0 Å². The maximum absolute atomic E-state index is 11.0. The highest BCUT2D eigenvalue weighted by molar-refractivity contribution is 7.93. The van der Waals surface area contributed by atoms with Gasteiger partial charge in [0.15, 0.2) is 0 Å². The van der Waals surface area contributed by atoms with Crippen LogP contribution in [0.4, 0.5) is 5.69 Å². The number of hydrogen-bond acceptors (Lipinski definition) is 4. The van der Waals surface area contributed by atoms with E-state index in [2.05, 4.69) is 17.2 Å². The fraction of sp³-hybridized carbons (Fsp3) is 0.333. The van der Waals surface area contributed by atoms with E-state index in [1.165, 1.54) is 10.7 Å². The van der Waals surface area contributed by atoms with E-state index >= 15 is 0 Å². The van der Waals surface area contributed by atoms with Gasteiger partial charge >= 0.3 is 0 Å². The minimum absolute atomic E-state index is 0.108. The van der Waals surface area contributed by atoms with Crippen LogP contribution in [0.1, 0.15) is 0 Å². The summed E-state index contributed by atoms with van der Waals surface area (Å²) in [7, 11) is -0.230. The summed E-state index contributed by atoms with van der Waals surface area (Å²) in [6.07, 6.45) is 3.66. The molecule has 0 amide bonds. The van der Waals surface area contributed by atoms with Crippen molar-refractivity contribution in [2.45, 2.75) is 6.73 Å². The predicted molar refractivity (Wildman–Crippen MR) is 84.0 cm³/mol. The number of halogens is 1. The van der Waals surface area contributed by atoms with Crippen molar-refractivity contribution in [2.24, 2.45) is 0 Å². The Morgan fingerprint density at radius 3 is 3.00 bits per heavy atom. The Bertz CT molecular complexity index is 671. The van der Waals surface area contributed by atoms with E-state index in [1.54, 1.807) is 12.3 Å². The van der Waals surface area contributed by atoms with Gasteiger partial charge < -0.3 is 4.74 Å². The number of aromatic nitrogens is 2. The van der Waals surface area contributed by atoms with Crippen LogP contribution < -0.4 is 0 Å². The standard InChI is InChI=1S/C12H14ClN3O3S/c1-20(2)6-5-19-8-15-7-9-11(14-15)4-3-10(13)12(9)16(17)18/h3-4,7H,1,5-6,8H2,2H3/p+1. The van der Waals surface area contributed by atoms with E-state index in [9.17, 15) is 10.1 Å². The molecule has 20 heavy (non-hydrogen) atoms. The number of fused-ring (bicyclic) bond motifs is 1. The van der Waals surface area contributed by atoms with Crippen molar-refractivity contribution in [1.82, 2.24) is 9.78 Å². The first-order valence-electron chi connectivity index (χ1n) is 5.88. The molecule has 0 spiro atoms. The van der Waals surface area contributed by atoms with Crippen molar-refractivity contribution >= 4 is 44.5 Å². The average molecular weight is 317 g/mol. The van der Waals surface area contributed by atoms with Crippen LogP contribution in [-0.4, -0.2) is 39.2 Å². The lowest BCUT2D eigenvalue weighted by atomic mass is 10.2. The zero-order chi connectivity index (χ0) is 14.7. The van der Waals surface area contributed by atoms with Gasteiger partial charge in [-0.25, -0.2) is 4.68 Å². The van der Waals surface area contributed by atoms with Gasteiger partial charge in [-0.2, -0.15) is 5.10 Å². The molecule has 1 aromatic heterocycles. The van der Waals surface area contributed by atoms with Gasteiger partial charge in [0.1, 0.15) is 11.8 Å². The molecular formula is C12H15ClN3O3S+. The summed E-state index contributed by atoms with van der Waals surface area (Å²) in [6.45, 7) is 0.859. The summed E-state index contributed by atoms with van der Waals surface area (Å²) in [5.74, 6) is 4.85. The molecule has 0 N–H and O–H groups in total. The predicted octanol–water partition coefficient (Wildman–Crippen LogP) is 1.98. The van der Waals surface area contributed by atoms with E-state index in [4.69, 9.17) is 16.3 Å². The minimum atomic E-state index is -0.495. The molecule has 1 heterocycles. The number of benzene rings is 1. The lowest BCUT2D eigenvalue weighted by molar-refractivity contribution is -0.382. The Labute approximate surface area is 123 Å². The molecule has 1 atom stereocenters. The van der Waals surface area contributed by atoms with Crippen molar-refractivity contribution in [3.05, 3.63) is 33.5 Å². The molecule has 1 aromatic carbocycles. The van der Waals surface area contributed by atoms with Crippen LogP contribution in [0.15, 0.2) is 18.3 Å². The van der Waals surface area contributed by atoms with Gasteiger partial charge in [-0.15, -0.1) is 10.5 Å². The van der Waals surface area contributed by atoms with Crippen LogP contribution in [0, 0.1) is 10.1 Å². The lowest BCUT2D eigenvalue weighted by Gasteiger charge is -2.01. The Morgan fingerprint density at radius 2 is 2.35 bits per heavy atom. The van der Waals surface area contributed by atoms with Crippen LogP contribution in [0.2, 0.25) is 5.02 Å². The van der Waals surface area contributed by atoms with Gasteiger partial charge in [0.25, 0.3) is 5.69 Å². The average Bonchev–Trinajstić information content (AvgIpc) is 2.76. The zero-order valence-electron chi connectivity index (χ0n) is 11.0. The molecule has 1 unspecified atom stereocenters. The Hall–Kier alpha value is -1.44. The molecule has 0 saturated heterocycles. The molecule has 0 radical (unpaired) electrons. The second-order valence-electron chi connectivity index (χ2n) is 4.37. The number of ether oxygens (including phenoxy) is 1. The fourth-order valence-electron chi connectivity index (χ4n) is 1.73. The topological polar surface area (TPSA) is 70.2 Å². The van der Waals surface area contributed by atoms with E-state index in [-0.39, 0.29) is 27.9 Å². The van der Waals surface area contributed by atoms with Gasteiger partial charge in [-0.05, 0) is 12.1 Å². The summed E-state index contributed by atoms with van der Waals surface area (Å²) in [5, 5.41) is 15.8. The summed E-state index contributed by atoms with van der Waals surface area (Å²) in [5.41, 5.74) is 0.407. The maximum atomic E-state index is 11.0. The molecule has 2 rings (SSSR count). The summed E-state index contributed by atoms with van der Waals surface area (Å²) in [6, 6.07) is 3.13. The summed E-state index contributed by atoms with van der Waals surface area (Å²) >= 11 is 5.85. The van der Waals surface area contributed by atoms with Crippen LogP contribution in [0.3, 0.4) is 0 Å². The van der Waals surface area contributed by atoms with Gasteiger partial charge in [0.05, 0.1) is 34.4 Å². The highest BCUT2D eigenvalue weighted by atomic mass is 35.5. The highest BCUT2D eigenvalue weighted by Gasteiger charge is 2.19. The third kappa shape index (κ3) is 3.36. The molecule has 0 saturated carbocycles. The van der Waals surface area contributed by atoms with Crippen molar-refractivity contribution in [1.29, 1.82) is 0 Å². The number of rotatable bonds is 6. The molecule has 0 aliphatic rings. The first kappa shape index (κ1) is 15.0. The Kier molecular flexibility index (Phi) is 4.74. The van der Waals surface area contributed by atoms with Crippen LogP contribution >= 0.6 is 11.6 Å². The quantitative estimate of drug-likeness (QED) is 0.204. The third-order valence-electron chi connectivity index (χ3n) is 2.68. The molecule has 0 aliphatic heterocycles. The maximum Gasteiger partial charge on any atom is 0.298 e. The first-order valence-corrected chi connectivity index (χ1v) is 8.42. The molecule has 108 valence electrons. The molecular weight excluding hydrogens is 302 g/mol. The zero-order valence-corrected chi connectivity index (χ0v) is 12.6.